The number of carbonyl (C=O) groups excluding carboxylic acids is 1. The van der Waals surface area contributed by atoms with Gasteiger partial charge in [0.1, 0.15) is 5.82 Å². The summed E-state index contributed by atoms with van der Waals surface area (Å²) < 4.78 is 55.7. The number of piperazine rings is 1. The molecule has 11 heteroatoms. The van der Waals surface area contributed by atoms with Crippen LogP contribution in [0.2, 0.25) is 0 Å². The van der Waals surface area contributed by atoms with Gasteiger partial charge in [-0.1, -0.05) is 6.07 Å². The third-order valence-electron chi connectivity index (χ3n) is 5.74. The Morgan fingerprint density at radius 1 is 1.23 bits per heavy atom. The number of hydrogen-bond donors (Lipinski definition) is 3. The standard InChI is InChI=1S/C24H23F4N5O2/c1-13-3-4-15(10-30-13)16-7-20(21(9-19(16)25)33-6-5-29-14(2)12-33)32-23(35)17-11-31-22(34)8-18(17)24(26,27)28/h3-4,7-11,14,29H,5-6,12H2,1-2H3,(H,31,34)(H,32,35)/t14-/m0/s1. The van der Waals surface area contributed by atoms with E-state index < -0.39 is 34.6 Å². The lowest BCUT2D eigenvalue weighted by molar-refractivity contribution is -0.138. The van der Waals surface area contributed by atoms with Crippen LogP contribution in [0.15, 0.2) is 47.5 Å². The van der Waals surface area contributed by atoms with E-state index >= 15 is 4.39 Å². The monoisotopic (exact) mass is 489 g/mol. The van der Waals surface area contributed by atoms with Crippen LogP contribution in [0.4, 0.5) is 28.9 Å². The Morgan fingerprint density at radius 2 is 2.00 bits per heavy atom. The number of amides is 1. The topological polar surface area (TPSA) is 90.1 Å². The molecular weight excluding hydrogens is 466 g/mol. The fourth-order valence-corrected chi connectivity index (χ4v) is 4.01. The number of pyridine rings is 2. The highest BCUT2D eigenvalue weighted by Crippen LogP contribution is 2.36. The Balaban J connectivity index is 1.80. The Hall–Kier alpha value is -3.73. The quantitative estimate of drug-likeness (QED) is 0.483. The van der Waals surface area contributed by atoms with E-state index in [4.69, 9.17) is 0 Å². The van der Waals surface area contributed by atoms with E-state index in [1.54, 1.807) is 19.1 Å². The molecule has 3 N–H and O–H groups in total. The van der Waals surface area contributed by atoms with Gasteiger partial charge in [0, 0.05) is 61.0 Å². The number of carbonyl (C=O) groups is 1. The van der Waals surface area contributed by atoms with Crippen LogP contribution in [0.5, 0.6) is 0 Å². The minimum Gasteiger partial charge on any atom is -0.367 e. The average molecular weight is 489 g/mol. The Morgan fingerprint density at radius 3 is 2.66 bits per heavy atom. The fraction of sp³-hybridized carbons (Fsp3) is 0.292. The van der Waals surface area contributed by atoms with E-state index in [1.165, 1.54) is 18.3 Å². The van der Waals surface area contributed by atoms with Gasteiger partial charge in [0.25, 0.3) is 5.91 Å². The first-order valence-corrected chi connectivity index (χ1v) is 10.9. The van der Waals surface area contributed by atoms with E-state index in [0.717, 1.165) is 11.9 Å². The summed E-state index contributed by atoms with van der Waals surface area (Å²) in [6.45, 7) is 5.34. The van der Waals surface area contributed by atoms with Gasteiger partial charge in [-0.05, 0) is 32.0 Å². The molecule has 1 aliphatic heterocycles. The zero-order valence-electron chi connectivity index (χ0n) is 19.0. The number of nitrogens with one attached hydrogen (secondary N) is 3. The van der Waals surface area contributed by atoms with E-state index in [1.807, 2.05) is 11.8 Å². The zero-order chi connectivity index (χ0) is 25.3. The molecule has 0 aliphatic carbocycles. The van der Waals surface area contributed by atoms with Crippen molar-refractivity contribution in [2.24, 2.45) is 0 Å². The number of alkyl halides is 3. The first-order chi connectivity index (χ1) is 16.5. The molecule has 1 aromatic carbocycles. The van der Waals surface area contributed by atoms with E-state index in [0.29, 0.717) is 37.0 Å². The van der Waals surface area contributed by atoms with Crippen molar-refractivity contribution >= 4 is 17.3 Å². The first kappa shape index (κ1) is 24.4. The molecule has 1 atom stereocenters. The minimum absolute atomic E-state index is 0.0763. The number of anilines is 2. The maximum atomic E-state index is 15.2. The Labute approximate surface area is 198 Å². The summed E-state index contributed by atoms with van der Waals surface area (Å²) in [6.07, 6.45) is -2.71. The molecule has 3 heterocycles. The predicted molar refractivity (Wildman–Crippen MR) is 124 cm³/mol. The number of aromatic nitrogens is 2. The van der Waals surface area contributed by atoms with Crippen molar-refractivity contribution in [3.63, 3.8) is 0 Å². The van der Waals surface area contributed by atoms with Crippen molar-refractivity contribution in [2.75, 3.05) is 29.9 Å². The smallest absolute Gasteiger partial charge is 0.367 e. The van der Waals surface area contributed by atoms with Crippen LogP contribution >= 0.6 is 0 Å². The van der Waals surface area contributed by atoms with E-state index in [-0.39, 0.29) is 17.3 Å². The van der Waals surface area contributed by atoms with Gasteiger partial charge < -0.3 is 20.5 Å². The van der Waals surface area contributed by atoms with Crippen LogP contribution in [-0.4, -0.2) is 41.6 Å². The highest BCUT2D eigenvalue weighted by molar-refractivity contribution is 6.07. The minimum atomic E-state index is -4.92. The predicted octanol–water partition coefficient (Wildman–Crippen LogP) is 3.95. The lowest BCUT2D eigenvalue weighted by atomic mass is 10.0. The van der Waals surface area contributed by atoms with Crippen molar-refractivity contribution in [3.8, 4) is 11.1 Å². The maximum Gasteiger partial charge on any atom is 0.417 e. The third-order valence-corrected chi connectivity index (χ3v) is 5.74. The molecule has 1 fully saturated rings. The lowest BCUT2D eigenvalue weighted by Gasteiger charge is -2.35. The number of halogens is 4. The number of nitrogens with zero attached hydrogens (tertiary/aromatic N) is 2. The Kier molecular flexibility index (Phi) is 6.62. The van der Waals surface area contributed by atoms with Crippen LogP contribution in [0.1, 0.15) is 28.5 Å². The lowest BCUT2D eigenvalue weighted by Crippen LogP contribution is -2.49. The second kappa shape index (κ2) is 9.49. The van der Waals surface area contributed by atoms with Gasteiger partial charge >= 0.3 is 6.18 Å². The molecule has 184 valence electrons. The molecule has 0 unspecified atom stereocenters. The highest BCUT2D eigenvalue weighted by Gasteiger charge is 2.36. The molecule has 0 radical (unpaired) electrons. The molecule has 1 amide bonds. The van der Waals surface area contributed by atoms with Crippen LogP contribution in [0.3, 0.4) is 0 Å². The molecule has 0 saturated carbocycles. The number of H-pyrrole nitrogens is 1. The van der Waals surface area contributed by atoms with Crippen LogP contribution < -0.4 is 21.1 Å². The first-order valence-electron chi connectivity index (χ1n) is 10.9. The summed E-state index contributed by atoms with van der Waals surface area (Å²) in [6, 6.07) is 6.44. The fourth-order valence-electron chi connectivity index (χ4n) is 4.01. The summed E-state index contributed by atoms with van der Waals surface area (Å²) in [5.74, 6) is -1.65. The number of rotatable bonds is 4. The van der Waals surface area contributed by atoms with Gasteiger partial charge in [-0.2, -0.15) is 13.2 Å². The number of hydrogen-bond acceptors (Lipinski definition) is 5. The molecule has 1 saturated heterocycles. The van der Waals surface area contributed by atoms with Crippen LogP contribution in [-0.2, 0) is 6.18 Å². The summed E-state index contributed by atoms with van der Waals surface area (Å²) in [5.41, 5.74) is -1.31. The maximum absolute atomic E-state index is 15.2. The highest BCUT2D eigenvalue weighted by atomic mass is 19.4. The number of aromatic amines is 1. The molecule has 35 heavy (non-hydrogen) atoms. The van der Waals surface area contributed by atoms with Gasteiger partial charge in [0.15, 0.2) is 0 Å². The molecular formula is C24H23F4N5O2. The molecule has 7 nitrogen and oxygen atoms in total. The second-order valence-electron chi connectivity index (χ2n) is 8.42. The van der Waals surface area contributed by atoms with Gasteiger partial charge in [0.2, 0.25) is 5.56 Å². The van der Waals surface area contributed by atoms with Gasteiger partial charge in [-0.15, -0.1) is 0 Å². The van der Waals surface area contributed by atoms with Crippen molar-refractivity contribution in [1.29, 1.82) is 0 Å². The van der Waals surface area contributed by atoms with Gasteiger partial charge in [-0.25, -0.2) is 4.39 Å². The molecule has 0 spiro atoms. The summed E-state index contributed by atoms with van der Waals surface area (Å²) >= 11 is 0. The van der Waals surface area contributed by atoms with E-state index in [2.05, 4.69) is 20.6 Å². The van der Waals surface area contributed by atoms with Crippen molar-refractivity contribution in [1.82, 2.24) is 15.3 Å². The van der Waals surface area contributed by atoms with Crippen LogP contribution in [0, 0.1) is 12.7 Å². The summed E-state index contributed by atoms with van der Waals surface area (Å²) in [7, 11) is 0. The van der Waals surface area contributed by atoms with Crippen molar-refractivity contribution < 1.29 is 22.4 Å². The molecule has 3 aromatic rings. The average Bonchev–Trinajstić information content (AvgIpc) is 2.80. The van der Waals surface area contributed by atoms with Crippen molar-refractivity contribution in [2.45, 2.75) is 26.1 Å². The number of aryl methyl sites for hydroxylation is 1. The third kappa shape index (κ3) is 5.35. The zero-order valence-corrected chi connectivity index (χ0v) is 19.0. The van der Waals surface area contributed by atoms with Gasteiger partial charge in [-0.3, -0.25) is 14.6 Å². The number of benzene rings is 1. The molecule has 2 aromatic heterocycles. The normalized spacial score (nSPS) is 16.3. The molecule has 0 bridgehead atoms. The Bertz CT molecular complexity index is 1300. The summed E-state index contributed by atoms with van der Waals surface area (Å²) in [5, 5.41) is 5.77. The van der Waals surface area contributed by atoms with Crippen molar-refractivity contribution in [3.05, 3.63) is 75.7 Å². The van der Waals surface area contributed by atoms with E-state index in [9.17, 15) is 22.8 Å². The van der Waals surface area contributed by atoms with Crippen LogP contribution in [0.25, 0.3) is 11.1 Å². The second-order valence-corrected chi connectivity index (χ2v) is 8.42. The molecule has 1 aliphatic rings. The van der Waals surface area contributed by atoms with Gasteiger partial charge in [0.05, 0.1) is 22.5 Å². The summed E-state index contributed by atoms with van der Waals surface area (Å²) in [4.78, 5) is 32.6. The SMILES string of the molecule is Cc1ccc(-c2cc(NC(=O)c3c[nH]c(=O)cc3C(F)(F)F)c(N3CCN[C@@H](C)C3)cc2F)cn1. The molecule has 4 rings (SSSR count). The largest absolute Gasteiger partial charge is 0.417 e.